The second kappa shape index (κ2) is 15.3. The molecule has 0 spiro atoms. The Balaban J connectivity index is 1.36. The zero-order valence-electron chi connectivity index (χ0n) is 31.3. The van der Waals surface area contributed by atoms with Gasteiger partial charge in [-0.3, -0.25) is 19.2 Å². The number of amides is 1. The molecule has 7 rings (SSSR count). The van der Waals surface area contributed by atoms with Crippen molar-refractivity contribution in [1.29, 1.82) is 0 Å². The summed E-state index contributed by atoms with van der Waals surface area (Å²) >= 11 is 0. The average molecular weight is 811 g/mol. The number of aliphatic hydroxyl groups is 5. The number of benzene rings is 3. The molecule has 0 radical (unpaired) electrons. The van der Waals surface area contributed by atoms with Crippen molar-refractivity contribution in [2.75, 3.05) is 13.7 Å². The number of rotatable bonds is 8. The predicted octanol–water partition coefficient (Wildman–Crippen LogP) is -0.620. The van der Waals surface area contributed by atoms with Crippen LogP contribution >= 0.6 is 0 Å². The van der Waals surface area contributed by atoms with Gasteiger partial charge in [-0.15, -0.1) is 0 Å². The standard InChI is InChI=1S/C39H42N2O17/c1-11-8-17-23(30(48)20(11)36(52)41-12(2)37(53)54)22-15(9-16-24(31(22)49)26(44)14-6-5-7-18(42)21(14)27(16)45)28(46)34(17)57-39-33(51)35(25(40-4)13(3)56-39)58-38-32(50)29(47)19(43)10-55-38/h5-9,12-13,19,25,28-29,32-35,38-40,42-43,46-51H,10H2,1-4H3,(H,41,52)(H,53,54). The molecule has 11 N–H and O–H groups in total. The highest BCUT2D eigenvalue weighted by molar-refractivity contribution is 6.31. The van der Waals surface area contributed by atoms with E-state index in [0.29, 0.717) is 0 Å². The van der Waals surface area contributed by atoms with Crippen LogP contribution in [0.4, 0.5) is 0 Å². The molecule has 2 heterocycles. The van der Waals surface area contributed by atoms with E-state index in [4.69, 9.17) is 18.9 Å². The molecule has 4 aliphatic rings. The average Bonchev–Trinajstić information content (AvgIpc) is 3.17. The highest BCUT2D eigenvalue weighted by Crippen LogP contribution is 2.57. The molecular formula is C39H42N2O17. The van der Waals surface area contributed by atoms with Gasteiger partial charge in [0.1, 0.15) is 66.0 Å². The third-order valence-electron chi connectivity index (χ3n) is 11.1. The summed E-state index contributed by atoms with van der Waals surface area (Å²) in [7, 11) is 1.54. The fourth-order valence-electron chi connectivity index (χ4n) is 8.13. The Kier molecular flexibility index (Phi) is 10.8. The van der Waals surface area contributed by atoms with Gasteiger partial charge in [-0.25, -0.2) is 0 Å². The van der Waals surface area contributed by atoms with E-state index in [1.807, 2.05) is 0 Å². The molecule has 12 atom stereocenters. The fourth-order valence-corrected chi connectivity index (χ4v) is 8.13. The van der Waals surface area contributed by atoms with Crippen molar-refractivity contribution in [3.8, 4) is 28.4 Å². The quantitative estimate of drug-likeness (QED) is 0.106. The molecule has 3 aromatic rings. The number of ketones is 2. The summed E-state index contributed by atoms with van der Waals surface area (Å²) in [6.45, 7) is 3.78. The van der Waals surface area contributed by atoms with Crippen molar-refractivity contribution in [2.45, 2.75) is 94.3 Å². The maximum atomic E-state index is 13.9. The molecule has 19 heteroatoms. The number of ether oxygens (including phenoxy) is 4. The van der Waals surface area contributed by atoms with Crippen LogP contribution in [0.3, 0.4) is 0 Å². The Morgan fingerprint density at radius 1 is 0.845 bits per heavy atom. The largest absolute Gasteiger partial charge is 0.507 e. The molecule has 12 unspecified atom stereocenters. The molecule has 0 saturated carbocycles. The minimum Gasteiger partial charge on any atom is -0.507 e. The zero-order chi connectivity index (χ0) is 42.2. The Morgan fingerprint density at radius 2 is 1.52 bits per heavy atom. The molecule has 1 amide bonds. The maximum Gasteiger partial charge on any atom is 0.325 e. The molecule has 19 nitrogen and oxygen atoms in total. The van der Waals surface area contributed by atoms with E-state index in [0.717, 1.165) is 6.07 Å². The molecule has 2 aliphatic heterocycles. The van der Waals surface area contributed by atoms with E-state index in [1.54, 1.807) is 6.92 Å². The highest BCUT2D eigenvalue weighted by atomic mass is 16.7. The number of hydrogen-bond acceptors (Lipinski definition) is 17. The van der Waals surface area contributed by atoms with Gasteiger partial charge in [0, 0.05) is 22.3 Å². The lowest BCUT2D eigenvalue weighted by Gasteiger charge is -2.47. The molecule has 310 valence electrons. The van der Waals surface area contributed by atoms with Crippen LogP contribution in [-0.4, -0.2) is 144 Å². The van der Waals surface area contributed by atoms with Crippen LogP contribution in [0, 0.1) is 6.92 Å². The van der Waals surface area contributed by atoms with Crippen molar-refractivity contribution < 1.29 is 84.1 Å². The Labute approximate surface area is 329 Å². The number of phenols is 3. The molecule has 2 fully saturated rings. The van der Waals surface area contributed by atoms with Crippen molar-refractivity contribution in [3.05, 3.63) is 74.8 Å². The number of carboxylic acid groups (broad SMARTS) is 1. The number of hydrogen-bond donors (Lipinski definition) is 11. The van der Waals surface area contributed by atoms with Crippen molar-refractivity contribution >= 4 is 23.4 Å². The van der Waals surface area contributed by atoms with Gasteiger partial charge in [0.15, 0.2) is 24.1 Å². The summed E-state index contributed by atoms with van der Waals surface area (Å²) in [5.41, 5.74) is -3.02. The first-order chi connectivity index (χ1) is 27.4. The van der Waals surface area contributed by atoms with Crippen LogP contribution in [0.25, 0.3) is 11.1 Å². The number of carbonyl (C=O) groups excluding carboxylic acids is 3. The third-order valence-corrected chi connectivity index (χ3v) is 11.1. The molecule has 3 aromatic carbocycles. The lowest BCUT2D eigenvalue weighted by atomic mass is 9.74. The minimum absolute atomic E-state index is 0.0443. The molecule has 58 heavy (non-hydrogen) atoms. The van der Waals surface area contributed by atoms with Gasteiger partial charge < -0.3 is 75.5 Å². The summed E-state index contributed by atoms with van der Waals surface area (Å²) in [6.07, 6.45) is -15.4. The number of aromatic hydroxyl groups is 3. The number of carboxylic acids is 1. The Hall–Kier alpha value is -5.06. The summed E-state index contributed by atoms with van der Waals surface area (Å²) < 4.78 is 23.7. The molecule has 2 saturated heterocycles. The topological polar surface area (TPSA) is 311 Å². The number of aliphatic hydroxyl groups excluding tert-OH is 5. The number of phenolic OH excluding ortho intramolecular Hbond substituents is 3. The summed E-state index contributed by atoms with van der Waals surface area (Å²) in [6, 6.07) is 3.98. The number of carbonyl (C=O) groups is 4. The number of fused-ring (bicyclic) bond motifs is 5. The third kappa shape index (κ3) is 6.49. The monoisotopic (exact) mass is 810 g/mol. The van der Waals surface area contributed by atoms with Crippen LogP contribution in [0.1, 0.15) is 84.9 Å². The van der Waals surface area contributed by atoms with Crippen molar-refractivity contribution in [2.24, 2.45) is 0 Å². The van der Waals surface area contributed by atoms with Crippen LogP contribution in [0.15, 0.2) is 30.3 Å². The van der Waals surface area contributed by atoms with E-state index in [-0.39, 0.29) is 38.9 Å². The number of nitrogens with one attached hydrogen (secondary N) is 2. The van der Waals surface area contributed by atoms with E-state index in [2.05, 4.69) is 10.6 Å². The van der Waals surface area contributed by atoms with Crippen LogP contribution < -0.4 is 10.6 Å². The zero-order valence-corrected chi connectivity index (χ0v) is 31.3. The molecule has 0 bridgehead atoms. The van der Waals surface area contributed by atoms with Gasteiger partial charge in [-0.1, -0.05) is 18.2 Å². The van der Waals surface area contributed by atoms with Gasteiger partial charge in [0.05, 0.1) is 35.4 Å². The summed E-state index contributed by atoms with van der Waals surface area (Å²) in [5.74, 6) is -6.38. The van der Waals surface area contributed by atoms with E-state index in [1.165, 1.54) is 45.2 Å². The van der Waals surface area contributed by atoms with Crippen molar-refractivity contribution in [3.63, 3.8) is 0 Å². The van der Waals surface area contributed by atoms with E-state index >= 15 is 0 Å². The SMILES string of the molecule is CNC1C(C)OC(OC2c3cc(C)c(C(=O)NC(C)C(=O)O)c(O)c3-c3c(cc4c(c3O)C(=O)c3cccc(O)c3C4=O)C2O)C(O)C1OC1OCC(O)C(O)C1O. The van der Waals surface area contributed by atoms with Gasteiger partial charge in [-0.2, -0.15) is 0 Å². The minimum atomic E-state index is -1.87. The second-order valence-electron chi connectivity index (χ2n) is 14.8. The normalized spacial score (nSPS) is 30.7. The summed E-state index contributed by atoms with van der Waals surface area (Å²) in [5, 5.41) is 104. The smallest absolute Gasteiger partial charge is 0.325 e. The van der Waals surface area contributed by atoms with E-state index in [9.17, 15) is 65.1 Å². The van der Waals surface area contributed by atoms with Crippen molar-refractivity contribution in [1.82, 2.24) is 10.6 Å². The first kappa shape index (κ1) is 41.1. The Bertz CT molecular complexity index is 2210. The van der Waals surface area contributed by atoms with Gasteiger partial charge >= 0.3 is 5.97 Å². The number of aliphatic carboxylic acids is 1. The van der Waals surface area contributed by atoms with Crippen LogP contribution in [-0.2, 0) is 23.7 Å². The first-order valence-corrected chi connectivity index (χ1v) is 18.3. The van der Waals surface area contributed by atoms with Gasteiger partial charge in [0.25, 0.3) is 5.91 Å². The second-order valence-corrected chi connectivity index (χ2v) is 14.8. The molecule has 2 aliphatic carbocycles. The predicted molar refractivity (Wildman–Crippen MR) is 194 cm³/mol. The lowest BCUT2D eigenvalue weighted by Crippen LogP contribution is -2.65. The summed E-state index contributed by atoms with van der Waals surface area (Å²) in [4.78, 5) is 52.8. The first-order valence-electron chi connectivity index (χ1n) is 18.3. The molecule has 0 aromatic heterocycles. The molecular weight excluding hydrogens is 768 g/mol. The highest BCUT2D eigenvalue weighted by Gasteiger charge is 2.51. The number of aryl methyl sites for hydroxylation is 1. The fraction of sp³-hybridized carbons (Fsp3) is 0.436. The van der Waals surface area contributed by atoms with E-state index < -0.39 is 137 Å². The van der Waals surface area contributed by atoms with Crippen LogP contribution in [0.2, 0.25) is 0 Å². The van der Waals surface area contributed by atoms with Gasteiger partial charge in [-0.05, 0) is 56.6 Å². The maximum absolute atomic E-state index is 13.9. The Morgan fingerprint density at radius 3 is 2.19 bits per heavy atom. The lowest BCUT2D eigenvalue weighted by molar-refractivity contribution is -0.339. The number of likely N-dealkylation sites (N-methyl/N-ethyl adjacent to an activating group) is 1. The van der Waals surface area contributed by atoms with Gasteiger partial charge in [0.2, 0.25) is 0 Å². The van der Waals surface area contributed by atoms with Crippen LogP contribution in [0.5, 0.6) is 17.2 Å².